The Morgan fingerprint density at radius 3 is 3.00 bits per heavy atom. The van der Waals surface area contributed by atoms with Crippen LogP contribution in [0.5, 0.6) is 0 Å². The third-order valence-corrected chi connectivity index (χ3v) is 3.17. The summed E-state index contributed by atoms with van der Waals surface area (Å²) in [6.45, 7) is 0.970. The van der Waals surface area contributed by atoms with Crippen LogP contribution >= 0.6 is 0 Å². The number of hydrogen-bond donors (Lipinski definition) is 1. The molecule has 1 aliphatic heterocycles. The Kier molecular flexibility index (Phi) is 2.21. The molecule has 0 saturated carbocycles. The molecule has 1 aliphatic rings. The van der Waals surface area contributed by atoms with Gasteiger partial charge in [0, 0.05) is 31.0 Å². The van der Waals surface area contributed by atoms with Crippen LogP contribution in [0.2, 0.25) is 0 Å². The number of benzene rings is 1. The smallest absolute Gasteiger partial charge is 0.220 e. The number of para-hydroxylation sites is 1. The minimum Gasteiger partial charge on any atom is -0.374 e. The van der Waals surface area contributed by atoms with Crippen LogP contribution in [0, 0.1) is 0 Å². The van der Waals surface area contributed by atoms with Crippen molar-refractivity contribution in [1.82, 2.24) is 9.97 Å². The van der Waals surface area contributed by atoms with Crippen molar-refractivity contribution in [3.8, 4) is 11.3 Å². The fourth-order valence-corrected chi connectivity index (χ4v) is 2.25. The fourth-order valence-electron chi connectivity index (χ4n) is 2.25. The van der Waals surface area contributed by atoms with Gasteiger partial charge in [-0.1, -0.05) is 18.2 Å². The van der Waals surface area contributed by atoms with Gasteiger partial charge in [0.1, 0.15) is 0 Å². The molecule has 0 amide bonds. The van der Waals surface area contributed by atoms with Gasteiger partial charge in [0.15, 0.2) is 0 Å². The molecule has 4 nitrogen and oxygen atoms in total. The van der Waals surface area contributed by atoms with Crippen molar-refractivity contribution in [2.75, 3.05) is 24.2 Å². The SMILES string of the molecule is CN1CCc2cnc(N)nc2-c2ccccc21. The van der Waals surface area contributed by atoms with Crippen molar-refractivity contribution in [2.45, 2.75) is 6.42 Å². The summed E-state index contributed by atoms with van der Waals surface area (Å²) in [5.41, 5.74) is 10.2. The maximum absolute atomic E-state index is 5.69. The van der Waals surface area contributed by atoms with Gasteiger partial charge in [-0.3, -0.25) is 0 Å². The third-order valence-electron chi connectivity index (χ3n) is 3.17. The van der Waals surface area contributed by atoms with Gasteiger partial charge >= 0.3 is 0 Å². The highest BCUT2D eigenvalue weighted by molar-refractivity contribution is 5.79. The lowest BCUT2D eigenvalue weighted by Crippen LogP contribution is -2.18. The Bertz CT molecular complexity index is 565. The van der Waals surface area contributed by atoms with Crippen molar-refractivity contribution in [3.05, 3.63) is 36.0 Å². The average molecular weight is 226 g/mol. The van der Waals surface area contributed by atoms with Crippen molar-refractivity contribution in [2.24, 2.45) is 0 Å². The Morgan fingerprint density at radius 2 is 2.12 bits per heavy atom. The molecule has 2 N–H and O–H groups in total. The van der Waals surface area contributed by atoms with Gasteiger partial charge < -0.3 is 10.6 Å². The van der Waals surface area contributed by atoms with Gasteiger partial charge in [-0.25, -0.2) is 9.97 Å². The number of anilines is 2. The minimum absolute atomic E-state index is 0.336. The summed E-state index contributed by atoms with van der Waals surface area (Å²) in [5, 5.41) is 0. The highest BCUT2D eigenvalue weighted by Crippen LogP contribution is 2.34. The van der Waals surface area contributed by atoms with Crippen LogP contribution < -0.4 is 10.6 Å². The maximum Gasteiger partial charge on any atom is 0.220 e. The summed E-state index contributed by atoms with van der Waals surface area (Å²) in [6.07, 6.45) is 2.79. The second-order valence-electron chi connectivity index (χ2n) is 4.29. The van der Waals surface area contributed by atoms with E-state index in [0.29, 0.717) is 5.95 Å². The number of nitrogen functional groups attached to an aromatic ring is 1. The highest BCUT2D eigenvalue weighted by atomic mass is 15.1. The van der Waals surface area contributed by atoms with Gasteiger partial charge in [-0.2, -0.15) is 0 Å². The zero-order valence-electron chi connectivity index (χ0n) is 9.72. The molecule has 0 aliphatic carbocycles. The first-order chi connectivity index (χ1) is 8.25. The normalized spacial score (nSPS) is 13.8. The number of aromatic nitrogens is 2. The topological polar surface area (TPSA) is 55.0 Å². The van der Waals surface area contributed by atoms with Gasteiger partial charge in [0.25, 0.3) is 0 Å². The van der Waals surface area contributed by atoms with Crippen LogP contribution in [0.3, 0.4) is 0 Å². The molecule has 2 aromatic rings. The van der Waals surface area contributed by atoms with Crippen LogP contribution in [-0.4, -0.2) is 23.6 Å². The Balaban J connectivity index is 2.28. The molecule has 0 radical (unpaired) electrons. The fraction of sp³-hybridized carbons (Fsp3) is 0.231. The van der Waals surface area contributed by atoms with E-state index in [9.17, 15) is 0 Å². The quantitative estimate of drug-likeness (QED) is 0.743. The van der Waals surface area contributed by atoms with E-state index < -0.39 is 0 Å². The molecule has 86 valence electrons. The van der Waals surface area contributed by atoms with E-state index in [1.165, 1.54) is 5.69 Å². The van der Waals surface area contributed by atoms with Crippen LogP contribution in [-0.2, 0) is 6.42 Å². The summed E-state index contributed by atoms with van der Waals surface area (Å²) in [5.74, 6) is 0.336. The molecule has 0 bridgehead atoms. The molecule has 17 heavy (non-hydrogen) atoms. The molecule has 0 atom stereocenters. The van der Waals surface area contributed by atoms with Crippen molar-refractivity contribution in [1.29, 1.82) is 0 Å². The molecule has 2 heterocycles. The number of hydrogen-bond acceptors (Lipinski definition) is 4. The lowest BCUT2D eigenvalue weighted by atomic mass is 10.1. The number of fused-ring (bicyclic) bond motifs is 3. The molecule has 0 spiro atoms. The van der Waals surface area contributed by atoms with Crippen LogP contribution in [0.25, 0.3) is 11.3 Å². The maximum atomic E-state index is 5.69. The van der Waals surface area contributed by atoms with Crippen molar-refractivity contribution >= 4 is 11.6 Å². The van der Waals surface area contributed by atoms with E-state index in [2.05, 4.69) is 34.0 Å². The standard InChI is InChI=1S/C13H14N4/c1-17-7-6-9-8-15-13(14)16-12(9)10-4-2-3-5-11(10)17/h2-5,8H,6-7H2,1H3,(H2,14,15,16). The van der Waals surface area contributed by atoms with Crippen LogP contribution in [0.1, 0.15) is 5.56 Å². The first-order valence-corrected chi connectivity index (χ1v) is 5.67. The van der Waals surface area contributed by atoms with E-state index in [-0.39, 0.29) is 0 Å². The summed E-state index contributed by atoms with van der Waals surface area (Å²) in [6, 6.07) is 8.27. The predicted octanol–water partition coefficient (Wildman–Crippen LogP) is 1.72. The molecule has 0 saturated heterocycles. The zero-order chi connectivity index (χ0) is 11.8. The average Bonchev–Trinajstić information content (AvgIpc) is 2.49. The molecule has 1 aromatic carbocycles. The van der Waals surface area contributed by atoms with Gasteiger partial charge in [0.2, 0.25) is 5.95 Å². The second kappa shape index (κ2) is 3.73. The summed E-state index contributed by atoms with van der Waals surface area (Å²) in [7, 11) is 2.10. The lowest BCUT2D eigenvalue weighted by molar-refractivity contribution is 0.882. The van der Waals surface area contributed by atoms with E-state index in [4.69, 9.17) is 5.73 Å². The highest BCUT2D eigenvalue weighted by Gasteiger charge is 2.18. The van der Waals surface area contributed by atoms with E-state index in [1.807, 2.05) is 18.3 Å². The van der Waals surface area contributed by atoms with Crippen molar-refractivity contribution in [3.63, 3.8) is 0 Å². The molecule has 3 rings (SSSR count). The lowest BCUT2D eigenvalue weighted by Gasteiger charge is -2.18. The van der Waals surface area contributed by atoms with Gasteiger partial charge in [-0.15, -0.1) is 0 Å². The van der Waals surface area contributed by atoms with Gasteiger partial charge in [-0.05, 0) is 18.1 Å². The molecule has 0 unspecified atom stereocenters. The summed E-state index contributed by atoms with van der Waals surface area (Å²) in [4.78, 5) is 10.7. The number of likely N-dealkylation sites (N-methyl/N-ethyl adjacent to an activating group) is 1. The second-order valence-corrected chi connectivity index (χ2v) is 4.29. The van der Waals surface area contributed by atoms with E-state index in [0.717, 1.165) is 29.8 Å². The zero-order valence-corrected chi connectivity index (χ0v) is 9.72. The van der Waals surface area contributed by atoms with Crippen LogP contribution in [0.15, 0.2) is 30.5 Å². The Labute approximate surface area is 100 Å². The monoisotopic (exact) mass is 226 g/mol. The number of nitrogens with two attached hydrogens (primary N) is 1. The predicted molar refractivity (Wildman–Crippen MR) is 68.9 cm³/mol. The molecular weight excluding hydrogens is 212 g/mol. The Hall–Kier alpha value is -2.10. The molecule has 4 heteroatoms. The summed E-state index contributed by atoms with van der Waals surface area (Å²) >= 11 is 0. The molecule has 0 fully saturated rings. The van der Waals surface area contributed by atoms with Crippen LogP contribution in [0.4, 0.5) is 11.6 Å². The summed E-state index contributed by atoms with van der Waals surface area (Å²) < 4.78 is 0. The van der Waals surface area contributed by atoms with E-state index >= 15 is 0 Å². The van der Waals surface area contributed by atoms with Crippen molar-refractivity contribution < 1.29 is 0 Å². The third kappa shape index (κ3) is 1.62. The molecular formula is C13H14N4. The number of rotatable bonds is 0. The Morgan fingerprint density at radius 1 is 1.29 bits per heavy atom. The minimum atomic E-state index is 0.336. The van der Waals surface area contributed by atoms with Gasteiger partial charge in [0.05, 0.1) is 5.69 Å². The molecule has 1 aromatic heterocycles. The largest absolute Gasteiger partial charge is 0.374 e. The first kappa shape index (κ1) is 10.1. The first-order valence-electron chi connectivity index (χ1n) is 5.67. The number of nitrogens with zero attached hydrogens (tertiary/aromatic N) is 3. The van der Waals surface area contributed by atoms with E-state index in [1.54, 1.807) is 0 Å².